The maximum atomic E-state index is 9.11. The largest absolute Gasteiger partial charge is 0.456 e. The minimum absolute atomic E-state index is 0.591. The minimum Gasteiger partial charge on any atom is -0.456 e. The molecule has 0 saturated heterocycles. The van der Waals surface area contributed by atoms with Crippen LogP contribution in [0.3, 0.4) is 0 Å². The molecule has 14 aromatic carbocycles. The number of fused-ring (bicyclic) bond motifs is 21. The lowest BCUT2D eigenvalue weighted by Crippen LogP contribution is -1.78. The van der Waals surface area contributed by atoms with Gasteiger partial charge in [0.05, 0.1) is 74.0 Å². The third-order valence-corrected chi connectivity index (χ3v) is 23.9. The molecule has 532 valence electrons. The smallest absolute Gasteiger partial charge is 0.153 e. The van der Waals surface area contributed by atoms with Crippen LogP contribution in [0.5, 0.6) is 0 Å². The molecule has 0 saturated carbocycles. The standard InChI is InChI=1S/4C14H9NO.3C14H9NS/c1-9-4-2-7-12-13(9)11-6-3-5-10(8-15)14(11)16-12;1-9-4-2-6-11-13(9)14-10(8-15)5-3-7-12(14)16-11;1-9-3-2-4-13-14(9)11-7-10(8-15)5-6-12(11)16-13;1-9-3-2-4-12-14(9)11-6-5-10(8-15)7-13(11)16-12;1-9-4-2-6-11-12-7-3-5-10(8-15)14(12)16-13(9)11;1-9-3-2-4-12-11-6-5-10(8-15)7-13(11)16-14(9)12;1-9-3-2-4-11-12-7-10(8-15)5-6-13(12)16-14(9)11/h7*2-7H,1H3. The number of para-hydroxylation sites is 1. The fourth-order valence-electron chi connectivity index (χ4n) is 14.5. The first-order chi connectivity index (χ1) is 54.6. The molecule has 21 rings (SSSR count). The number of thiophene rings is 3. The SMILES string of the molecule is Cc1cccc2c1sc1c(C#N)cccc12.Cc1cccc2c1sc1cc(C#N)ccc12.Cc1cccc2c1sc1ccc(C#N)cc12.Cc1cccc2oc3c(C#N)cccc3c12.Cc1cccc2oc3cc(C#N)ccc3c12.Cc1cccc2oc3ccc(C#N)cc3c12.Cc1cccc2oc3cccc(C#N)c3c12. The Morgan fingerprint density at radius 3 is 1.16 bits per heavy atom. The average Bonchev–Trinajstić information content (AvgIpc) is 1.63. The van der Waals surface area contributed by atoms with E-state index in [9.17, 15) is 0 Å². The first kappa shape index (κ1) is 72.9. The predicted octanol–water partition coefficient (Wildman–Crippen LogP) is 27.8. The number of benzene rings is 14. The van der Waals surface area contributed by atoms with Gasteiger partial charge in [-0.2, -0.15) is 36.8 Å². The molecule has 7 heterocycles. The van der Waals surface area contributed by atoms with Crippen molar-refractivity contribution in [2.45, 2.75) is 48.5 Å². The fraction of sp³-hybridized carbons (Fsp3) is 0.0714. The highest BCUT2D eigenvalue weighted by Gasteiger charge is 2.17. The minimum atomic E-state index is 0.591. The van der Waals surface area contributed by atoms with Gasteiger partial charge >= 0.3 is 0 Å². The summed E-state index contributed by atoms with van der Waals surface area (Å²) < 4.78 is 30.4. The zero-order chi connectivity index (χ0) is 77.8. The molecule has 0 aliphatic rings. The van der Waals surface area contributed by atoms with Crippen LogP contribution in [0.1, 0.15) is 77.9 Å². The molecular formula is C98H63N7O4S3. The normalized spacial score (nSPS) is 10.8. The third kappa shape index (κ3) is 13.9. The van der Waals surface area contributed by atoms with Gasteiger partial charge in [0.2, 0.25) is 0 Å². The number of rotatable bonds is 0. The predicted molar refractivity (Wildman–Crippen MR) is 459 cm³/mol. The van der Waals surface area contributed by atoms with Gasteiger partial charge in [-0.15, -0.1) is 34.0 Å². The monoisotopic (exact) mass is 1500 g/mol. The van der Waals surface area contributed by atoms with Gasteiger partial charge in [0.15, 0.2) is 5.58 Å². The zero-order valence-corrected chi connectivity index (χ0v) is 64.2. The Hall–Kier alpha value is -14.6. The van der Waals surface area contributed by atoms with Crippen LogP contribution >= 0.6 is 34.0 Å². The Labute approximate surface area is 655 Å². The number of furan rings is 4. The molecule has 0 amide bonds. The van der Waals surface area contributed by atoms with Gasteiger partial charge in [0.25, 0.3) is 0 Å². The van der Waals surface area contributed by atoms with Crippen molar-refractivity contribution in [1.29, 1.82) is 36.8 Å². The summed E-state index contributed by atoms with van der Waals surface area (Å²) in [6.45, 7) is 14.6. The maximum absolute atomic E-state index is 9.11. The van der Waals surface area contributed by atoms with Crippen LogP contribution in [0.25, 0.3) is 148 Å². The second kappa shape index (κ2) is 31.3. The van der Waals surface area contributed by atoms with E-state index in [0.29, 0.717) is 27.8 Å². The molecule has 112 heavy (non-hydrogen) atoms. The molecule has 0 aliphatic heterocycles. The quantitative estimate of drug-likeness (QED) is 0.139. The van der Waals surface area contributed by atoms with E-state index in [1.807, 2.05) is 165 Å². The first-order valence-corrected chi connectivity index (χ1v) is 38.3. The Morgan fingerprint density at radius 1 is 0.214 bits per heavy atom. The first-order valence-electron chi connectivity index (χ1n) is 35.8. The second-order valence-electron chi connectivity index (χ2n) is 27.0. The highest BCUT2D eigenvalue weighted by molar-refractivity contribution is 7.27. The lowest BCUT2D eigenvalue weighted by atomic mass is 10.0. The molecule has 0 radical (unpaired) electrons. The lowest BCUT2D eigenvalue weighted by Gasteiger charge is -1.95. The van der Waals surface area contributed by atoms with Gasteiger partial charge in [-0.1, -0.05) is 140 Å². The molecule has 0 atom stereocenters. The van der Waals surface area contributed by atoms with E-state index in [2.05, 4.69) is 163 Å². The highest BCUT2D eigenvalue weighted by Crippen LogP contribution is 2.41. The summed E-state index contributed by atoms with van der Waals surface area (Å²) in [5.41, 5.74) is 19.9. The Balaban J connectivity index is 0.000000103. The van der Waals surface area contributed by atoms with Crippen molar-refractivity contribution in [3.8, 4) is 42.5 Å². The maximum Gasteiger partial charge on any atom is 0.153 e. The van der Waals surface area contributed by atoms with Crippen LogP contribution in [-0.4, -0.2) is 0 Å². The molecule has 11 nitrogen and oxygen atoms in total. The summed E-state index contributed by atoms with van der Waals surface area (Å²) in [4.78, 5) is 0. The zero-order valence-electron chi connectivity index (χ0n) is 61.7. The van der Waals surface area contributed by atoms with Crippen LogP contribution < -0.4 is 0 Å². The summed E-state index contributed by atoms with van der Waals surface area (Å²) >= 11 is 5.28. The van der Waals surface area contributed by atoms with E-state index in [4.69, 9.17) is 54.5 Å². The third-order valence-electron chi connectivity index (χ3n) is 19.9. The molecule has 0 spiro atoms. The van der Waals surface area contributed by atoms with Crippen LogP contribution in [-0.2, 0) is 0 Å². The Bertz CT molecular complexity index is 7570. The average molecular weight is 1500 g/mol. The van der Waals surface area contributed by atoms with E-state index in [0.717, 1.165) is 109 Å². The molecule has 14 heteroatoms. The van der Waals surface area contributed by atoms with E-state index < -0.39 is 0 Å². The van der Waals surface area contributed by atoms with Gasteiger partial charge in [-0.05, 0) is 203 Å². The molecule has 0 fully saturated rings. The topological polar surface area (TPSA) is 219 Å². The molecule has 0 unspecified atom stereocenters. The molecular weight excluding hydrogens is 1440 g/mol. The summed E-state index contributed by atoms with van der Waals surface area (Å²) in [5, 5.41) is 78.7. The van der Waals surface area contributed by atoms with E-state index in [1.54, 1.807) is 52.2 Å². The van der Waals surface area contributed by atoms with Gasteiger partial charge < -0.3 is 17.7 Å². The Kier molecular flexibility index (Phi) is 20.4. The second-order valence-corrected chi connectivity index (χ2v) is 30.2. The molecule has 21 aromatic rings. The molecule has 0 N–H and O–H groups in total. The summed E-state index contributed by atoms with van der Waals surface area (Å²) in [6, 6.07) is 98.2. The van der Waals surface area contributed by atoms with Crippen molar-refractivity contribution in [2.24, 2.45) is 0 Å². The van der Waals surface area contributed by atoms with Crippen molar-refractivity contribution in [3.63, 3.8) is 0 Å². The van der Waals surface area contributed by atoms with Gasteiger partial charge in [-0.3, -0.25) is 0 Å². The summed E-state index contributed by atoms with van der Waals surface area (Å²) in [5.74, 6) is 0. The highest BCUT2D eigenvalue weighted by atomic mass is 32.1. The number of nitrogens with zero attached hydrogens (tertiary/aromatic N) is 7. The van der Waals surface area contributed by atoms with Crippen LogP contribution in [0, 0.1) is 128 Å². The molecule has 0 bridgehead atoms. The van der Waals surface area contributed by atoms with Crippen molar-refractivity contribution >= 4 is 182 Å². The van der Waals surface area contributed by atoms with Crippen molar-refractivity contribution in [1.82, 2.24) is 0 Å². The number of hydrogen-bond acceptors (Lipinski definition) is 14. The van der Waals surface area contributed by atoms with Crippen molar-refractivity contribution in [2.75, 3.05) is 0 Å². The Morgan fingerprint density at radius 2 is 0.580 bits per heavy atom. The number of aryl methyl sites for hydroxylation is 7. The summed E-state index contributed by atoms with van der Waals surface area (Å²) in [7, 11) is 0. The number of hydrogen-bond donors (Lipinski definition) is 0. The van der Waals surface area contributed by atoms with Gasteiger partial charge in [-0.25, -0.2) is 0 Å². The number of nitriles is 7. The fourth-order valence-corrected chi connectivity index (χ4v) is 18.1. The van der Waals surface area contributed by atoms with Crippen molar-refractivity contribution < 1.29 is 17.7 Å². The van der Waals surface area contributed by atoms with E-state index in [-0.39, 0.29) is 0 Å². The van der Waals surface area contributed by atoms with E-state index in [1.165, 1.54) is 89.2 Å². The van der Waals surface area contributed by atoms with E-state index >= 15 is 0 Å². The van der Waals surface area contributed by atoms with Gasteiger partial charge in [0.1, 0.15) is 51.2 Å². The van der Waals surface area contributed by atoms with Gasteiger partial charge in [0, 0.05) is 98.9 Å². The molecule has 0 aliphatic carbocycles. The molecule has 7 aromatic heterocycles. The van der Waals surface area contributed by atoms with Crippen LogP contribution in [0.15, 0.2) is 272 Å². The summed E-state index contributed by atoms with van der Waals surface area (Å²) in [6.07, 6.45) is 0. The van der Waals surface area contributed by atoms with Crippen LogP contribution in [0.4, 0.5) is 0 Å². The lowest BCUT2D eigenvalue weighted by molar-refractivity contribution is 0.667. The van der Waals surface area contributed by atoms with Crippen LogP contribution in [0.2, 0.25) is 0 Å². The van der Waals surface area contributed by atoms with Crippen molar-refractivity contribution in [3.05, 3.63) is 333 Å².